The van der Waals surface area contributed by atoms with E-state index < -0.39 is 5.41 Å². The Hall–Kier alpha value is -3.92. The molecule has 2 atom stereocenters. The van der Waals surface area contributed by atoms with E-state index in [-0.39, 0.29) is 11.6 Å². The molecule has 2 unspecified atom stereocenters. The fourth-order valence-corrected chi connectivity index (χ4v) is 5.43. The van der Waals surface area contributed by atoms with Crippen LogP contribution < -0.4 is 10.5 Å². The van der Waals surface area contributed by atoms with Crippen molar-refractivity contribution in [2.24, 2.45) is 0 Å². The molecular weight excluding hydrogens is 400 g/mol. The maximum absolute atomic E-state index is 12.9. The molecule has 7 nitrogen and oxygen atoms in total. The zero-order valence-electron chi connectivity index (χ0n) is 17.7. The lowest BCUT2D eigenvalue weighted by Crippen LogP contribution is -2.53. The number of H-pyrrole nitrogens is 1. The number of aromatic nitrogens is 4. The number of aromatic amines is 1. The summed E-state index contributed by atoms with van der Waals surface area (Å²) in [5.74, 6) is 1.52. The Balaban J connectivity index is 1.58. The van der Waals surface area contributed by atoms with Gasteiger partial charge in [0.25, 0.3) is 5.56 Å². The van der Waals surface area contributed by atoms with Gasteiger partial charge in [-0.1, -0.05) is 30.3 Å². The predicted octanol–water partition coefficient (Wildman–Crippen LogP) is 3.40. The maximum atomic E-state index is 12.9. The first-order valence-corrected chi connectivity index (χ1v) is 10.9. The second-order valence-corrected chi connectivity index (χ2v) is 8.68. The van der Waals surface area contributed by atoms with Crippen LogP contribution in [0.15, 0.2) is 59.4 Å². The molecule has 4 heterocycles. The molecule has 0 radical (unpaired) electrons. The molecule has 0 spiro atoms. The van der Waals surface area contributed by atoms with Crippen molar-refractivity contribution in [3.05, 3.63) is 82.0 Å². The van der Waals surface area contributed by atoms with Crippen LogP contribution in [0.4, 0.5) is 5.82 Å². The van der Waals surface area contributed by atoms with Crippen LogP contribution >= 0.6 is 0 Å². The minimum Gasteiger partial charge on any atom is -0.351 e. The van der Waals surface area contributed by atoms with Crippen LogP contribution in [0.1, 0.15) is 29.9 Å². The van der Waals surface area contributed by atoms with Crippen LogP contribution in [-0.4, -0.2) is 32.3 Å². The van der Waals surface area contributed by atoms with E-state index in [1.807, 2.05) is 60.1 Å². The summed E-state index contributed by atoms with van der Waals surface area (Å²) in [6.45, 7) is 2.84. The van der Waals surface area contributed by atoms with E-state index in [2.05, 4.69) is 16.0 Å². The first kappa shape index (κ1) is 18.8. The summed E-state index contributed by atoms with van der Waals surface area (Å²) in [4.78, 5) is 22.9. The molecule has 7 heteroatoms. The van der Waals surface area contributed by atoms with E-state index in [9.17, 15) is 10.1 Å². The van der Waals surface area contributed by atoms with Crippen LogP contribution in [0.25, 0.3) is 16.6 Å². The number of para-hydroxylation sites is 2. The molecule has 2 aliphatic rings. The van der Waals surface area contributed by atoms with Gasteiger partial charge >= 0.3 is 0 Å². The van der Waals surface area contributed by atoms with Crippen LogP contribution in [-0.2, 0) is 11.8 Å². The lowest BCUT2D eigenvalue weighted by Gasteiger charge is -2.43. The molecule has 2 aliphatic heterocycles. The molecule has 2 aromatic heterocycles. The normalized spacial score (nSPS) is 21.9. The zero-order valence-corrected chi connectivity index (χ0v) is 17.7. The van der Waals surface area contributed by atoms with Crippen molar-refractivity contribution in [3.63, 3.8) is 0 Å². The summed E-state index contributed by atoms with van der Waals surface area (Å²) in [5, 5.41) is 16.0. The molecule has 158 valence electrons. The summed E-state index contributed by atoms with van der Waals surface area (Å²) in [6, 6.07) is 19.9. The van der Waals surface area contributed by atoms with E-state index in [1.54, 1.807) is 6.07 Å². The Labute approximate surface area is 184 Å². The van der Waals surface area contributed by atoms with Gasteiger partial charge in [0.1, 0.15) is 17.1 Å². The van der Waals surface area contributed by atoms with Crippen LogP contribution in [0.2, 0.25) is 0 Å². The number of hydrogen-bond acceptors (Lipinski definition) is 5. The molecule has 1 saturated heterocycles. The SMILES string of the molecule is Cc1nn(-c2ccccc2)c2c1CC(C#N)(c1nc3ccccc3c(=O)[nH]1)C1CCCN21. The second-order valence-electron chi connectivity index (χ2n) is 8.68. The van der Waals surface area contributed by atoms with Gasteiger partial charge in [0.2, 0.25) is 0 Å². The number of nitrogens with one attached hydrogen (secondary N) is 1. The summed E-state index contributed by atoms with van der Waals surface area (Å²) in [5.41, 5.74) is 2.42. The standard InChI is InChI=1S/C25H22N6O/c1-16-19-14-25(15-26,24-27-20-11-6-5-10-18(20)22(32)28-24)21-12-7-13-30(21)23(19)31(29-16)17-8-3-2-4-9-17/h2-6,8-11,21H,7,12-14H2,1H3,(H,27,28,32). The summed E-state index contributed by atoms with van der Waals surface area (Å²) in [7, 11) is 0. The lowest BCUT2D eigenvalue weighted by atomic mass is 9.72. The second kappa shape index (κ2) is 6.79. The van der Waals surface area contributed by atoms with Gasteiger partial charge in [0, 0.05) is 18.5 Å². The molecular formula is C25H22N6O. The molecule has 4 aromatic rings. The molecule has 0 saturated carbocycles. The highest BCUT2D eigenvalue weighted by atomic mass is 16.1. The average molecular weight is 422 g/mol. The highest BCUT2D eigenvalue weighted by molar-refractivity contribution is 5.77. The van der Waals surface area contributed by atoms with Gasteiger partial charge in [-0.25, -0.2) is 9.67 Å². The minimum atomic E-state index is -0.942. The Kier molecular flexibility index (Phi) is 3.99. The van der Waals surface area contributed by atoms with Crippen molar-refractivity contribution in [3.8, 4) is 11.8 Å². The smallest absolute Gasteiger partial charge is 0.258 e. The van der Waals surface area contributed by atoms with Crippen molar-refractivity contribution >= 4 is 16.7 Å². The van der Waals surface area contributed by atoms with Crippen molar-refractivity contribution in [1.82, 2.24) is 19.7 Å². The van der Waals surface area contributed by atoms with E-state index in [0.29, 0.717) is 23.1 Å². The molecule has 0 aliphatic carbocycles. The van der Waals surface area contributed by atoms with Crippen molar-refractivity contribution in [2.75, 3.05) is 11.4 Å². The summed E-state index contributed by atoms with van der Waals surface area (Å²) in [6.07, 6.45) is 2.31. The number of nitriles is 1. The fraction of sp³-hybridized carbons (Fsp3) is 0.280. The van der Waals surface area contributed by atoms with Crippen molar-refractivity contribution in [1.29, 1.82) is 5.26 Å². The minimum absolute atomic E-state index is 0.0807. The van der Waals surface area contributed by atoms with Crippen LogP contribution in [0.3, 0.4) is 0 Å². The van der Waals surface area contributed by atoms with Gasteiger partial charge in [-0.05, 0) is 44.0 Å². The fourth-order valence-electron chi connectivity index (χ4n) is 5.43. The Morgan fingerprint density at radius 3 is 2.75 bits per heavy atom. The third-order valence-corrected chi connectivity index (χ3v) is 6.94. The molecule has 0 amide bonds. The lowest BCUT2D eigenvalue weighted by molar-refractivity contribution is 0.387. The van der Waals surface area contributed by atoms with Crippen LogP contribution in [0.5, 0.6) is 0 Å². The molecule has 1 N–H and O–H groups in total. The number of hydrogen-bond donors (Lipinski definition) is 1. The molecule has 2 aromatic carbocycles. The maximum Gasteiger partial charge on any atom is 0.258 e. The summed E-state index contributed by atoms with van der Waals surface area (Å²) < 4.78 is 2.00. The van der Waals surface area contributed by atoms with Crippen molar-refractivity contribution < 1.29 is 0 Å². The first-order chi connectivity index (χ1) is 15.6. The van der Waals surface area contributed by atoms with Gasteiger partial charge in [0.05, 0.1) is 34.4 Å². The Bertz CT molecular complexity index is 1450. The van der Waals surface area contributed by atoms with Crippen molar-refractivity contribution in [2.45, 2.75) is 37.6 Å². The Morgan fingerprint density at radius 2 is 1.94 bits per heavy atom. The predicted molar refractivity (Wildman–Crippen MR) is 122 cm³/mol. The van der Waals surface area contributed by atoms with Gasteiger partial charge < -0.3 is 9.88 Å². The number of rotatable bonds is 2. The third-order valence-electron chi connectivity index (χ3n) is 6.94. The highest BCUT2D eigenvalue weighted by Crippen LogP contribution is 2.48. The monoisotopic (exact) mass is 422 g/mol. The van der Waals surface area contributed by atoms with Gasteiger partial charge in [-0.3, -0.25) is 4.79 Å². The largest absolute Gasteiger partial charge is 0.351 e. The van der Waals surface area contributed by atoms with Crippen LogP contribution in [0, 0.1) is 18.3 Å². The van der Waals surface area contributed by atoms with Gasteiger partial charge in [-0.2, -0.15) is 10.4 Å². The van der Waals surface area contributed by atoms with E-state index in [4.69, 9.17) is 10.1 Å². The first-order valence-electron chi connectivity index (χ1n) is 10.9. The number of aryl methyl sites for hydroxylation is 1. The van der Waals surface area contributed by atoms with E-state index in [1.165, 1.54) is 0 Å². The Morgan fingerprint density at radius 1 is 1.16 bits per heavy atom. The van der Waals surface area contributed by atoms with Gasteiger partial charge in [0.15, 0.2) is 0 Å². The van der Waals surface area contributed by atoms with E-state index in [0.717, 1.165) is 42.1 Å². The molecule has 1 fully saturated rings. The van der Waals surface area contributed by atoms with Gasteiger partial charge in [-0.15, -0.1) is 0 Å². The molecule has 6 rings (SSSR count). The quantitative estimate of drug-likeness (QED) is 0.535. The number of anilines is 1. The zero-order chi connectivity index (χ0) is 21.9. The average Bonchev–Trinajstić information content (AvgIpc) is 3.44. The number of nitrogens with zero attached hydrogens (tertiary/aromatic N) is 5. The number of benzene rings is 2. The molecule has 32 heavy (non-hydrogen) atoms. The topological polar surface area (TPSA) is 90.6 Å². The van der Waals surface area contributed by atoms with E-state index >= 15 is 0 Å². The molecule has 0 bridgehead atoms. The third kappa shape index (κ3) is 2.50. The number of fused-ring (bicyclic) bond motifs is 4. The summed E-state index contributed by atoms with van der Waals surface area (Å²) >= 11 is 0. The highest BCUT2D eigenvalue weighted by Gasteiger charge is 2.53.